The molecule has 0 fully saturated rings. The first-order chi connectivity index (χ1) is 7.25. The van der Waals surface area contributed by atoms with E-state index in [0.29, 0.717) is 5.52 Å². The number of carboxylic acid groups (broad SMARTS) is 1. The molecule has 1 aromatic carbocycles. The van der Waals surface area contributed by atoms with Gasteiger partial charge in [-0.05, 0) is 18.2 Å². The number of carboxylic acids is 1. The third-order valence-corrected chi connectivity index (χ3v) is 2.43. The van der Waals surface area contributed by atoms with E-state index in [0.717, 1.165) is 16.3 Å². The maximum atomic E-state index is 10.8. The van der Waals surface area contributed by atoms with E-state index in [1.165, 1.54) is 0 Å². The Labute approximate surface area is 83.7 Å². The smallest absolute Gasteiger partial charge is 0.354 e. The molecule has 0 aliphatic carbocycles. The van der Waals surface area contributed by atoms with Crippen LogP contribution in [0.1, 0.15) is 10.5 Å². The zero-order valence-electron chi connectivity index (χ0n) is 7.61. The van der Waals surface area contributed by atoms with Crippen molar-refractivity contribution in [2.45, 2.75) is 0 Å². The van der Waals surface area contributed by atoms with Crippen molar-refractivity contribution in [3.05, 3.63) is 30.1 Å². The van der Waals surface area contributed by atoms with Gasteiger partial charge in [0, 0.05) is 17.0 Å². The van der Waals surface area contributed by atoms with Gasteiger partial charge in [0.25, 0.3) is 0 Å². The van der Waals surface area contributed by atoms with Gasteiger partial charge in [-0.3, -0.25) is 0 Å². The van der Waals surface area contributed by atoms with Crippen LogP contribution in [0.4, 0.5) is 0 Å². The summed E-state index contributed by atoms with van der Waals surface area (Å²) in [7, 11) is 0. The highest BCUT2D eigenvalue weighted by atomic mass is 16.4. The molecule has 0 unspecified atom stereocenters. The second-order valence-corrected chi connectivity index (χ2v) is 3.32. The molecule has 0 atom stereocenters. The molecular weight excluding hydrogens is 194 g/mol. The molecule has 15 heavy (non-hydrogen) atoms. The van der Waals surface area contributed by atoms with Crippen molar-refractivity contribution < 1.29 is 9.90 Å². The van der Waals surface area contributed by atoms with Crippen LogP contribution < -0.4 is 0 Å². The molecule has 0 saturated heterocycles. The number of fused-ring (bicyclic) bond motifs is 3. The summed E-state index contributed by atoms with van der Waals surface area (Å²) >= 11 is 0. The summed E-state index contributed by atoms with van der Waals surface area (Å²) in [6.07, 6.45) is 1.80. The van der Waals surface area contributed by atoms with Crippen LogP contribution in [0, 0.1) is 0 Å². The fourth-order valence-corrected chi connectivity index (χ4v) is 1.73. The number of aromatic amines is 2. The Bertz CT molecular complexity index is 665. The molecule has 3 aromatic rings. The number of hydrogen-bond acceptors (Lipinski definition) is 2. The molecule has 0 saturated carbocycles. The highest BCUT2D eigenvalue weighted by molar-refractivity contribution is 6.07. The molecule has 0 amide bonds. The molecule has 5 nitrogen and oxygen atoms in total. The van der Waals surface area contributed by atoms with Crippen LogP contribution >= 0.6 is 0 Å². The SMILES string of the molecule is O=C(O)c1cc2c(ccc3[nH][nH]cc32)n1. The molecular formula is C10H7N3O2. The highest BCUT2D eigenvalue weighted by Gasteiger charge is 2.11. The van der Waals surface area contributed by atoms with Crippen molar-refractivity contribution in [3.63, 3.8) is 0 Å². The normalized spacial score (nSPS) is 11.2. The van der Waals surface area contributed by atoms with Crippen molar-refractivity contribution >= 4 is 27.8 Å². The van der Waals surface area contributed by atoms with Crippen molar-refractivity contribution in [1.29, 1.82) is 0 Å². The minimum atomic E-state index is -1.00. The topological polar surface area (TPSA) is 81.8 Å². The van der Waals surface area contributed by atoms with E-state index in [1.54, 1.807) is 18.3 Å². The van der Waals surface area contributed by atoms with Gasteiger partial charge in [0.1, 0.15) is 5.69 Å². The van der Waals surface area contributed by atoms with Gasteiger partial charge in [0.2, 0.25) is 0 Å². The Morgan fingerprint density at radius 2 is 2.20 bits per heavy atom. The minimum Gasteiger partial charge on any atom is -0.477 e. The average molecular weight is 201 g/mol. The predicted octanol–water partition coefficient (Wildman–Crippen LogP) is 1.74. The zero-order valence-corrected chi connectivity index (χ0v) is 7.61. The fraction of sp³-hybridized carbons (Fsp3) is 0. The van der Waals surface area contributed by atoms with Crippen LogP contribution in [0.2, 0.25) is 0 Å². The lowest BCUT2D eigenvalue weighted by Crippen LogP contribution is -1.94. The first-order valence-corrected chi connectivity index (χ1v) is 4.44. The summed E-state index contributed by atoms with van der Waals surface area (Å²) in [5.74, 6) is -1.00. The van der Waals surface area contributed by atoms with Crippen molar-refractivity contribution in [2.24, 2.45) is 0 Å². The maximum absolute atomic E-state index is 10.8. The molecule has 0 radical (unpaired) electrons. The number of carbonyl (C=O) groups is 1. The van der Waals surface area contributed by atoms with Gasteiger partial charge < -0.3 is 15.3 Å². The lowest BCUT2D eigenvalue weighted by atomic mass is 10.2. The van der Waals surface area contributed by atoms with Crippen LogP contribution in [-0.4, -0.2) is 26.3 Å². The standard InChI is InChI=1S/C10H7N3O2/c14-10(15)9-3-5-6-4-11-13-8(6)2-1-7(5)12-9/h1-4,11,13H,(H,14,15). The van der Waals surface area contributed by atoms with Crippen molar-refractivity contribution in [2.75, 3.05) is 0 Å². The second kappa shape index (κ2) is 2.60. The zero-order chi connectivity index (χ0) is 10.4. The Morgan fingerprint density at radius 3 is 3.00 bits per heavy atom. The summed E-state index contributed by atoms with van der Waals surface area (Å²) < 4.78 is 0. The third-order valence-electron chi connectivity index (χ3n) is 2.43. The van der Waals surface area contributed by atoms with E-state index in [9.17, 15) is 4.79 Å². The Morgan fingerprint density at radius 1 is 1.33 bits per heavy atom. The molecule has 2 aromatic heterocycles. The van der Waals surface area contributed by atoms with E-state index >= 15 is 0 Å². The lowest BCUT2D eigenvalue weighted by Gasteiger charge is -1.89. The number of H-pyrrole nitrogens is 2. The van der Waals surface area contributed by atoms with E-state index < -0.39 is 5.97 Å². The number of benzene rings is 1. The molecule has 5 heteroatoms. The van der Waals surface area contributed by atoms with Crippen molar-refractivity contribution in [1.82, 2.24) is 15.2 Å². The summed E-state index contributed by atoms with van der Waals surface area (Å²) in [5.41, 5.74) is 1.72. The molecule has 0 spiro atoms. The third kappa shape index (κ3) is 1.03. The van der Waals surface area contributed by atoms with E-state index in [1.807, 2.05) is 6.07 Å². The highest BCUT2D eigenvalue weighted by Crippen LogP contribution is 2.24. The largest absolute Gasteiger partial charge is 0.477 e. The maximum Gasteiger partial charge on any atom is 0.354 e. The van der Waals surface area contributed by atoms with Gasteiger partial charge in [-0.15, -0.1) is 0 Å². The van der Waals surface area contributed by atoms with Gasteiger partial charge in [-0.2, -0.15) is 0 Å². The van der Waals surface area contributed by atoms with Crippen LogP contribution in [0.3, 0.4) is 0 Å². The molecule has 3 N–H and O–H groups in total. The molecule has 3 rings (SSSR count). The lowest BCUT2D eigenvalue weighted by molar-refractivity contribution is 0.0691. The van der Waals surface area contributed by atoms with Gasteiger partial charge >= 0.3 is 5.97 Å². The number of nitrogens with one attached hydrogen (secondary N) is 2. The van der Waals surface area contributed by atoms with Crippen molar-refractivity contribution in [3.8, 4) is 0 Å². The number of rotatable bonds is 1. The van der Waals surface area contributed by atoms with E-state index in [2.05, 4.69) is 15.2 Å². The predicted molar refractivity (Wildman–Crippen MR) is 54.9 cm³/mol. The van der Waals surface area contributed by atoms with Gasteiger partial charge in [0.05, 0.1) is 11.0 Å². The Balaban J connectivity index is 2.46. The molecule has 0 aliphatic heterocycles. The monoisotopic (exact) mass is 201 g/mol. The minimum absolute atomic E-state index is 0.0821. The molecule has 0 aliphatic rings. The van der Waals surface area contributed by atoms with Crippen LogP contribution in [0.25, 0.3) is 21.8 Å². The number of aromatic carboxylic acids is 1. The number of nitrogens with zero attached hydrogens (tertiary/aromatic N) is 1. The number of aromatic nitrogens is 3. The molecule has 74 valence electrons. The van der Waals surface area contributed by atoms with E-state index in [-0.39, 0.29) is 5.69 Å². The summed E-state index contributed by atoms with van der Waals surface area (Å²) in [4.78, 5) is 14.8. The first kappa shape index (κ1) is 8.05. The molecule has 2 heterocycles. The molecule has 0 bridgehead atoms. The van der Waals surface area contributed by atoms with Crippen LogP contribution in [0.5, 0.6) is 0 Å². The first-order valence-electron chi connectivity index (χ1n) is 4.44. The quantitative estimate of drug-likeness (QED) is 0.560. The summed E-state index contributed by atoms with van der Waals surface area (Å²) in [5, 5.41) is 16.4. The number of hydrogen-bond donors (Lipinski definition) is 3. The fourth-order valence-electron chi connectivity index (χ4n) is 1.73. The van der Waals surface area contributed by atoms with E-state index in [4.69, 9.17) is 5.11 Å². The Kier molecular flexibility index (Phi) is 1.39. The Hall–Kier alpha value is -2.30. The second-order valence-electron chi connectivity index (χ2n) is 3.32. The van der Waals surface area contributed by atoms with Gasteiger partial charge in [-0.25, -0.2) is 9.78 Å². The summed E-state index contributed by atoms with van der Waals surface area (Å²) in [6.45, 7) is 0. The van der Waals surface area contributed by atoms with Gasteiger partial charge in [-0.1, -0.05) is 0 Å². The van der Waals surface area contributed by atoms with Gasteiger partial charge in [0.15, 0.2) is 0 Å². The van der Waals surface area contributed by atoms with Crippen LogP contribution in [0.15, 0.2) is 24.4 Å². The average Bonchev–Trinajstić information content (AvgIpc) is 2.82. The summed E-state index contributed by atoms with van der Waals surface area (Å²) in [6, 6.07) is 5.25. The van der Waals surface area contributed by atoms with Crippen LogP contribution in [-0.2, 0) is 0 Å².